The van der Waals surface area contributed by atoms with E-state index in [1.165, 1.54) is 0 Å². The zero-order valence-electron chi connectivity index (χ0n) is 33.3. The third-order valence-electron chi connectivity index (χ3n) is 5.31. The number of carboxylic acid groups (broad SMARTS) is 4. The van der Waals surface area contributed by atoms with Crippen LogP contribution in [0, 0.1) is 0 Å². The van der Waals surface area contributed by atoms with Crippen LogP contribution in [0.15, 0.2) is 196 Å². The Morgan fingerprint density at radius 3 is 0.554 bits per heavy atom. The van der Waals surface area contributed by atoms with Crippen molar-refractivity contribution in [1.82, 2.24) is 50.3 Å². The second-order valence-electron chi connectivity index (χ2n) is 9.53. The summed E-state index contributed by atoms with van der Waals surface area (Å²) in [5, 5.41) is 52.1. The predicted molar refractivity (Wildman–Crippen MR) is 215 cm³/mol. The van der Waals surface area contributed by atoms with Gasteiger partial charge in [-0.15, -0.1) is 0 Å². The van der Waals surface area contributed by atoms with E-state index in [-0.39, 0.29) is 73.1 Å². The molecule has 0 aromatic carbocycles. The predicted octanol–water partition coefficient (Wildman–Crippen LogP) is -3.48. The second-order valence-corrected chi connectivity index (χ2v) is 9.53. The van der Waals surface area contributed by atoms with E-state index in [0.717, 1.165) is 12.1 Å². The molecule has 8 rings (SSSR count). The molecule has 0 aliphatic heterocycles. The van der Waals surface area contributed by atoms with Gasteiger partial charge in [-0.1, -0.05) is 47.8 Å². The molecule has 0 atom stereocenters. The van der Waals surface area contributed by atoms with Crippen molar-refractivity contribution in [1.29, 1.82) is 0 Å². The topological polar surface area (TPSA) is 421 Å². The van der Waals surface area contributed by atoms with E-state index in [1.807, 2.05) is 109 Å². The van der Waals surface area contributed by atoms with E-state index < -0.39 is 46.7 Å². The smallest absolute Gasteiger partial charge is 0.573 e. The molecule has 0 aliphatic rings. The number of aromatic carboxylic acids is 4. The summed E-state index contributed by atoms with van der Waals surface area (Å²) >= 11 is 0. The summed E-state index contributed by atoms with van der Waals surface area (Å²) in [5.41, 5.74) is -2.04. The van der Waals surface area contributed by atoms with Gasteiger partial charge in [0.1, 0.15) is 0 Å². The fourth-order valence-corrected chi connectivity index (χ4v) is 2.86. The van der Waals surface area contributed by atoms with Gasteiger partial charge in [0, 0.05) is 74.4 Å². The van der Waals surface area contributed by atoms with E-state index in [2.05, 4.69) is 50.3 Å². The normalized spacial score (nSPS) is 7.63. The van der Waals surface area contributed by atoms with Crippen molar-refractivity contribution >= 4 is 23.9 Å². The van der Waals surface area contributed by atoms with Crippen LogP contribution in [0.5, 0.6) is 0 Å². The van der Waals surface area contributed by atoms with Gasteiger partial charge in [0.25, 0.3) is 0 Å². The van der Waals surface area contributed by atoms with Crippen LogP contribution in [0.4, 0.5) is 0 Å². The Labute approximate surface area is 403 Å². The molecule has 25 heteroatoms. The Kier molecular flexibility index (Phi) is 56.5. The fourth-order valence-electron chi connectivity index (χ4n) is 2.86. The van der Waals surface area contributed by atoms with Crippen molar-refractivity contribution in [2.75, 3.05) is 0 Å². The average molecular weight is 1050 g/mol. The largest absolute Gasteiger partial charge is 2.00 e. The van der Waals surface area contributed by atoms with Gasteiger partial charge < -0.3 is 81.9 Å². The van der Waals surface area contributed by atoms with Crippen LogP contribution in [0.1, 0.15) is 42.0 Å². The summed E-state index contributed by atoms with van der Waals surface area (Å²) in [6, 6.07) is 35.8. The first-order valence-electron chi connectivity index (χ1n) is 16.2. The van der Waals surface area contributed by atoms with E-state index in [0.29, 0.717) is 0 Å². The average Bonchev–Trinajstić information content (AvgIpc) is 4.02. The quantitative estimate of drug-likeness (QED) is 0.122. The molecule has 0 fully saturated rings. The molecule has 0 bridgehead atoms. The maximum absolute atomic E-state index is 10.0. The number of nitrogens with zero attached hydrogens (tertiary/aromatic N) is 10. The molecule has 0 aliphatic carbocycles. The van der Waals surface area contributed by atoms with E-state index >= 15 is 0 Å². The Bertz CT molecular complexity index is 1660. The van der Waals surface area contributed by atoms with E-state index in [4.69, 9.17) is 0 Å². The van der Waals surface area contributed by atoms with Crippen LogP contribution in [-0.4, -0.2) is 74.9 Å². The van der Waals surface area contributed by atoms with E-state index in [1.54, 1.807) is 74.4 Å². The summed E-state index contributed by atoms with van der Waals surface area (Å²) in [6.07, 6.45) is 21.0. The minimum Gasteiger partial charge on any atom is -0.573 e. The zero-order chi connectivity index (χ0) is 42.3. The number of hydrogen-bond acceptors (Lipinski definition) is 16. The van der Waals surface area contributed by atoms with Crippen molar-refractivity contribution in [2.45, 2.75) is 0 Å². The number of carbonyl (C=O) groups is 4. The van der Waals surface area contributed by atoms with Gasteiger partial charge in [0.15, 0.2) is 0 Å². The molecule has 22 nitrogen and oxygen atoms in total. The Balaban J connectivity index is -0.000000118. The summed E-state index contributed by atoms with van der Waals surface area (Å²) in [5.74, 6) is -6.26. The number of pyridine rings is 6. The number of rotatable bonds is 4. The summed E-state index contributed by atoms with van der Waals surface area (Å²) in [6.45, 7) is 0. The first kappa shape index (κ1) is 72.1. The number of aromatic nitrogens is 10. The van der Waals surface area contributed by atoms with Crippen LogP contribution in [0.2, 0.25) is 0 Å². The Hall–Kier alpha value is -7.40. The molecule has 0 saturated heterocycles. The molecule has 65 heavy (non-hydrogen) atoms. The molecule has 8 aromatic heterocycles. The van der Waals surface area contributed by atoms with E-state index in [9.17, 15) is 39.6 Å². The SMILES string of the molecule is O.O.O=C([O-])c1cc(C(=O)[O-])[n-]n1.O=C([O-])c1cc(C(=O)[O-])[n-]n1.[Cu+2].[Cu+2].[Cu+2].[OH3+].[OH3+].c1ccncc1.c1ccncc1.c1ccncc1.c1ccncc1.c1ccncc1.c1ccncc1. The first-order chi connectivity index (χ1) is 28.2. The minimum absolute atomic E-state index is 0. The van der Waals surface area contributed by atoms with Crippen molar-refractivity contribution < 1.29 is 113 Å². The maximum atomic E-state index is 10.0. The molecule has 10 N–H and O–H groups in total. The van der Waals surface area contributed by atoms with Gasteiger partial charge in [0.05, 0.1) is 35.3 Å². The number of carbonyl (C=O) groups excluding carboxylic acids is 4. The molecule has 0 unspecified atom stereocenters. The van der Waals surface area contributed by atoms with Crippen molar-refractivity contribution in [3.8, 4) is 0 Å². The number of hydrogen-bond donors (Lipinski definition) is 0. The van der Waals surface area contributed by atoms with Crippen molar-refractivity contribution in [3.63, 3.8) is 0 Å². The van der Waals surface area contributed by atoms with Crippen LogP contribution in [-0.2, 0) is 62.2 Å². The van der Waals surface area contributed by atoms with Crippen LogP contribution in [0.25, 0.3) is 0 Å². The summed E-state index contributed by atoms with van der Waals surface area (Å²) in [7, 11) is 0. The van der Waals surface area contributed by atoms with Crippen molar-refractivity contribution in [2.24, 2.45) is 0 Å². The van der Waals surface area contributed by atoms with Crippen LogP contribution in [0.3, 0.4) is 0 Å². The molecular formula is C40H42Cu3N10O12+2. The molecular weight excluding hydrogens is 1000 g/mol. The molecule has 355 valence electrons. The second kappa shape index (κ2) is 51.0. The van der Waals surface area contributed by atoms with Gasteiger partial charge in [-0.25, -0.2) is 0 Å². The molecule has 0 saturated carbocycles. The molecule has 0 amide bonds. The molecule has 8 heterocycles. The minimum atomic E-state index is -1.56. The van der Waals surface area contributed by atoms with Gasteiger partial charge in [0.2, 0.25) is 0 Å². The first-order valence-corrected chi connectivity index (χ1v) is 16.2. The molecule has 3 radical (unpaired) electrons. The van der Waals surface area contributed by atoms with Crippen LogP contribution >= 0.6 is 0 Å². The standard InChI is InChI=1S/2C5H4N2O4.6C5H5N.3Cu.4H2O/c2*8-4(9)2-1-3(5(10)11)7-6-2;6*1-2-4-6-5-3-1;;;;;;;/h2*1H,(H3,6,7,8,9,10,11);6*1-5H;;;;4*1H2/q;;;;;;;;3*+2;;;;/p-4. The fraction of sp³-hybridized carbons (Fsp3) is 0. The Morgan fingerprint density at radius 1 is 0.323 bits per heavy atom. The van der Waals surface area contributed by atoms with Gasteiger partial charge in [-0.05, 0) is 84.9 Å². The van der Waals surface area contributed by atoms with Gasteiger partial charge in [-0.3, -0.25) is 29.9 Å². The Morgan fingerprint density at radius 2 is 0.492 bits per heavy atom. The third-order valence-corrected chi connectivity index (χ3v) is 5.31. The van der Waals surface area contributed by atoms with Gasteiger partial charge in [-0.2, -0.15) is 0 Å². The van der Waals surface area contributed by atoms with Crippen LogP contribution < -0.4 is 30.6 Å². The molecule has 0 spiro atoms. The monoisotopic (exact) mass is 1040 g/mol. The maximum Gasteiger partial charge on any atom is 2.00 e. The molecule has 8 aromatic rings. The third kappa shape index (κ3) is 43.1. The number of carboxylic acids is 4. The summed E-state index contributed by atoms with van der Waals surface area (Å²) in [4.78, 5) is 62.7. The summed E-state index contributed by atoms with van der Waals surface area (Å²) < 4.78 is 0. The van der Waals surface area contributed by atoms with Crippen molar-refractivity contribution in [3.05, 3.63) is 218 Å². The zero-order valence-corrected chi connectivity index (χ0v) is 36.1. The van der Waals surface area contributed by atoms with Gasteiger partial charge >= 0.3 is 51.2 Å².